The van der Waals surface area contributed by atoms with E-state index in [1.54, 1.807) is 0 Å². The van der Waals surface area contributed by atoms with Gasteiger partial charge in [0.15, 0.2) is 0 Å². The summed E-state index contributed by atoms with van der Waals surface area (Å²) in [6.07, 6.45) is 3.68. The lowest BCUT2D eigenvalue weighted by Crippen LogP contribution is -1.89. The first-order valence-electron chi connectivity index (χ1n) is 17.8. The quantitative estimate of drug-likeness (QED) is 0.177. The number of nitrogens with zero attached hydrogens (tertiary/aromatic N) is 2. The molecule has 0 radical (unpaired) electrons. The van der Waals surface area contributed by atoms with Crippen molar-refractivity contribution in [1.82, 2.24) is 9.97 Å². The number of hydrogen-bond acceptors (Lipinski definition) is 2. The summed E-state index contributed by atoms with van der Waals surface area (Å²) in [6, 6.07) is 62.2. The zero-order valence-corrected chi connectivity index (χ0v) is 28.2. The summed E-state index contributed by atoms with van der Waals surface area (Å²) < 4.78 is 0. The normalized spacial score (nSPS) is 11.8. The molecule has 0 aliphatic carbocycles. The van der Waals surface area contributed by atoms with Crippen LogP contribution in [0.25, 0.3) is 109 Å². The van der Waals surface area contributed by atoms with Crippen molar-refractivity contribution in [3.8, 4) is 33.4 Å². The number of rotatable bonds is 3. The maximum Gasteiger partial charge on any atom is 0.0970 e. The molecule has 0 amide bonds. The highest BCUT2D eigenvalue weighted by Gasteiger charge is 2.15. The molecule has 0 spiro atoms. The Morgan fingerprint density at radius 2 is 0.731 bits per heavy atom. The molecule has 0 aliphatic heterocycles. The molecule has 2 heteroatoms. The molecule has 0 bridgehead atoms. The molecule has 52 heavy (non-hydrogen) atoms. The first-order chi connectivity index (χ1) is 25.8. The minimum atomic E-state index is 0.935. The predicted octanol–water partition coefficient (Wildman–Crippen LogP) is 13.5. The zero-order chi connectivity index (χ0) is 34.2. The van der Waals surface area contributed by atoms with Gasteiger partial charge in [0.1, 0.15) is 0 Å². The van der Waals surface area contributed by atoms with Crippen molar-refractivity contribution >= 4 is 75.7 Å². The van der Waals surface area contributed by atoms with E-state index in [0.29, 0.717) is 0 Å². The number of fused-ring (bicyclic) bond motifs is 8. The molecule has 0 aliphatic rings. The van der Waals surface area contributed by atoms with Crippen LogP contribution in [0.15, 0.2) is 182 Å². The molecular weight excluding hydrogens is 629 g/mol. The van der Waals surface area contributed by atoms with Gasteiger partial charge in [-0.1, -0.05) is 152 Å². The van der Waals surface area contributed by atoms with Crippen LogP contribution in [0.3, 0.4) is 0 Å². The highest BCUT2D eigenvalue weighted by atomic mass is 14.7. The lowest BCUT2D eigenvalue weighted by atomic mass is 9.88. The van der Waals surface area contributed by atoms with Gasteiger partial charge in [-0.3, -0.25) is 9.97 Å². The highest BCUT2D eigenvalue weighted by Crippen LogP contribution is 2.43. The Labute approximate surface area is 300 Å². The second-order valence-electron chi connectivity index (χ2n) is 13.7. The van der Waals surface area contributed by atoms with E-state index in [0.717, 1.165) is 27.4 Å². The first kappa shape index (κ1) is 28.9. The fourth-order valence-corrected chi connectivity index (χ4v) is 8.55. The maximum absolute atomic E-state index is 4.71. The smallest absolute Gasteiger partial charge is 0.0970 e. The van der Waals surface area contributed by atoms with Gasteiger partial charge in [-0.15, -0.1) is 0 Å². The van der Waals surface area contributed by atoms with E-state index in [9.17, 15) is 0 Å². The Morgan fingerprint density at radius 3 is 1.42 bits per heavy atom. The van der Waals surface area contributed by atoms with Gasteiger partial charge in [0.05, 0.1) is 11.0 Å². The van der Waals surface area contributed by atoms with E-state index < -0.39 is 0 Å². The molecule has 0 saturated carbocycles. The Morgan fingerprint density at radius 1 is 0.269 bits per heavy atom. The van der Waals surface area contributed by atoms with Crippen LogP contribution in [-0.4, -0.2) is 9.97 Å². The van der Waals surface area contributed by atoms with Gasteiger partial charge in [0.25, 0.3) is 0 Å². The summed E-state index contributed by atoms with van der Waals surface area (Å²) in [4.78, 5) is 9.34. The molecule has 11 rings (SSSR count). The second-order valence-corrected chi connectivity index (χ2v) is 13.7. The summed E-state index contributed by atoms with van der Waals surface area (Å²) in [7, 11) is 0. The van der Waals surface area contributed by atoms with Crippen LogP contribution in [0.1, 0.15) is 0 Å². The van der Waals surface area contributed by atoms with Gasteiger partial charge in [0, 0.05) is 23.2 Å². The van der Waals surface area contributed by atoms with Crippen molar-refractivity contribution in [3.63, 3.8) is 0 Å². The summed E-state index contributed by atoms with van der Waals surface area (Å²) in [5, 5.41) is 15.1. The van der Waals surface area contributed by atoms with Crippen molar-refractivity contribution in [2.45, 2.75) is 0 Å². The first-order valence-corrected chi connectivity index (χ1v) is 17.8. The third kappa shape index (κ3) is 4.31. The van der Waals surface area contributed by atoms with E-state index >= 15 is 0 Å². The Kier molecular flexibility index (Phi) is 6.28. The van der Waals surface area contributed by atoms with Crippen LogP contribution in [0, 0.1) is 0 Å². The second kappa shape index (κ2) is 11.3. The molecule has 0 atom stereocenters. The molecule has 9 aromatic carbocycles. The highest BCUT2D eigenvalue weighted by molar-refractivity contribution is 6.34. The fraction of sp³-hybridized carbons (Fsp3) is 0. The van der Waals surface area contributed by atoms with Gasteiger partial charge < -0.3 is 0 Å². The molecule has 2 nitrogen and oxygen atoms in total. The van der Waals surface area contributed by atoms with Gasteiger partial charge in [0.2, 0.25) is 0 Å². The number of aromatic nitrogens is 2. The zero-order valence-electron chi connectivity index (χ0n) is 28.2. The molecule has 2 aromatic heterocycles. The van der Waals surface area contributed by atoms with E-state index in [-0.39, 0.29) is 0 Å². The van der Waals surface area contributed by atoms with E-state index in [1.165, 1.54) is 81.7 Å². The van der Waals surface area contributed by atoms with Crippen LogP contribution in [-0.2, 0) is 0 Å². The predicted molar refractivity (Wildman–Crippen MR) is 221 cm³/mol. The third-order valence-electron chi connectivity index (χ3n) is 10.9. The number of benzene rings is 8. The van der Waals surface area contributed by atoms with Gasteiger partial charge in [-0.25, -0.2) is 0 Å². The molecule has 0 fully saturated rings. The average molecular weight is 659 g/mol. The monoisotopic (exact) mass is 658 g/mol. The number of pyridine rings is 2. The van der Waals surface area contributed by atoms with Gasteiger partial charge in [-0.2, -0.15) is 0 Å². The lowest BCUT2D eigenvalue weighted by molar-refractivity contribution is 1.37. The minimum absolute atomic E-state index is 0.935. The van der Waals surface area contributed by atoms with Crippen LogP contribution < -0.4 is 0 Å². The largest absolute Gasteiger partial charge is 0.254 e. The molecule has 11 aromatic rings. The summed E-state index contributed by atoms with van der Waals surface area (Å²) >= 11 is 0. The van der Waals surface area contributed by atoms with Gasteiger partial charge in [-0.05, 0) is 105 Å². The topological polar surface area (TPSA) is 25.8 Å². The SMILES string of the molecule is c1cnc2c(c1)cc(-c1ccc(-c3ccc(-c4cccc5c6cccc7ccc8cccc(c9ccccc9c45)c8c76)cc3)cc1)c1cccnc12. The molecule has 2 heterocycles. The molecule has 0 N–H and O–H groups in total. The Bertz CT molecular complexity index is 3210. The Hall–Kier alpha value is -6.90. The minimum Gasteiger partial charge on any atom is -0.254 e. The summed E-state index contributed by atoms with van der Waals surface area (Å²) in [5.41, 5.74) is 9.02. The van der Waals surface area contributed by atoms with E-state index in [1.807, 2.05) is 24.5 Å². The van der Waals surface area contributed by atoms with Crippen molar-refractivity contribution in [2.75, 3.05) is 0 Å². The lowest BCUT2D eigenvalue weighted by Gasteiger charge is -2.16. The fourth-order valence-electron chi connectivity index (χ4n) is 8.55. The van der Waals surface area contributed by atoms with Gasteiger partial charge >= 0.3 is 0 Å². The third-order valence-corrected chi connectivity index (χ3v) is 10.9. The van der Waals surface area contributed by atoms with Crippen molar-refractivity contribution in [1.29, 1.82) is 0 Å². The van der Waals surface area contributed by atoms with Crippen molar-refractivity contribution in [2.24, 2.45) is 0 Å². The Balaban J connectivity index is 1.07. The molecular formula is C50H30N2. The standard InChI is InChI=1S/C50H30N2/c1-2-12-41-39(11-1)40-14-3-8-35-26-27-36-9-4-15-42(47(36)46(35)40)43-16-5-13-38(48(41)43)33-22-18-31(19-23-33)32-20-24-34(25-21-32)45-30-37-10-6-28-51-49(37)50-44(45)17-7-29-52-50/h1-30H. The van der Waals surface area contributed by atoms with E-state index in [2.05, 4.69) is 163 Å². The van der Waals surface area contributed by atoms with Crippen LogP contribution in [0.5, 0.6) is 0 Å². The van der Waals surface area contributed by atoms with Crippen LogP contribution in [0.4, 0.5) is 0 Å². The number of hydrogen-bond donors (Lipinski definition) is 0. The van der Waals surface area contributed by atoms with E-state index in [4.69, 9.17) is 4.98 Å². The summed E-state index contributed by atoms with van der Waals surface area (Å²) in [6.45, 7) is 0. The molecule has 240 valence electrons. The maximum atomic E-state index is 4.71. The van der Waals surface area contributed by atoms with Crippen molar-refractivity contribution in [3.05, 3.63) is 182 Å². The average Bonchev–Trinajstić information content (AvgIpc) is 3.22. The summed E-state index contributed by atoms with van der Waals surface area (Å²) in [5.74, 6) is 0. The van der Waals surface area contributed by atoms with Crippen molar-refractivity contribution < 1.29 is 0 Å². The van der Waals surface area contributed by atoms with Crippen LogP contribution in [0.2, 0.25) is 0 Å². The van der Waals surface area contributed by atoms with Crippen LogP contribution >= 0.6 is 0 Å². The molecule has 0 unspecified atom stereocenters. The molecule has 0 saturated heterocycles.